The van der Waals surface area contributed by atoms with Gasteiger partial charge in [0.05, 0.1) is 0 Å². The van der Waals surface area contributed by atoms with E-state index in [1.165, 1.54) is 6.07 Å². The van der Waals surface area contributed by atoms with Crippen LogP contribution in [0.1, 0.15) is 0 Å². The summed E-state index contributed by atoms with van der Waals surface area (Å²) in [5, 5.41) is 45.1. The molecule has 17 heavy (non-hydrogen) atoms. The molecule has 0 radical (unpaired) electrons. The third kappa shape index (κ3) is 2.71. The summed E-state index contributed by atoms with van der Waals surface area (Å²) in [6.07, 6.45) is -4.29. The number of nitrogens with zero attached hydrogens (tertiary/aromatic N) is 3. The summed E-state index contributed by atoms with van der Waals surface area (Å²) in [6, 6.07) is 3.08. The van der Waals surface area contributed by atoms with Crippen molar-refractivity contribution < 1.29 is 20.1 Å². The van der Waals surface area contributed by atoms with E-state index in [1.807, 2.05) is 0 Å². The summed E-state index contributed by atoms with van der Waals surface area (Å²) in [5.41, 5.74) is 4.33. The standard InChI is InChI=1S/C9H10N4O4/c10-1-4(12)5(2-11)13-9-8(16)7(15)6(14)3-17-9/h6-8,14-16H,3,12H2/b5-4-,13-9?/t6-,7-,8-/m0/s1. The molecule has 0 saturated carbocycles. The monoisotopic (exact) mass is 238 g/mol. The second-order valence-corrected chi connectivity index (χ2v) is 3.25. The van der Waals surface area contributed by atoms with Crippen LogP contribution in [0.3, 0.4) is 0 Å². The van der Waals surface area contributed by atoms with E-state index in [9.17, 15) is 10.2 Å². The van der Waals surface area contributed by atoms with Crippen molar-refractivity contribution in [3.8, 4) is 12.1 Å². The third-order valence-corrected chi connectivity index (χ3v) is 2.08. The van der Waals surface area contributed by atoms with Gasteiger partial charge < -0.3 is 25.8 Å². The topological polar surface area (TPSA) is 156 Å². The number of hydrogen-bond acceptors (Lipinski definition) is 8. The van der Waals surface area contributed by atoms with Gasteiger partial charge in [-0.2, -0.15) is 10.5 Å². The second kappa shape index (κ2) is 5.27. The number of ether oxygens (including phenoxy) is 1. The Morgan fingerprint density at radius 1 is 1.35 bits per heavy atom. The molecule has 8 heteroatoms. The van der Waals surface area contributed by atoms with E-state index in [0.29, 0.717) is 0 Å². The maximum atomic E-state index is 9.49. The predicted molar refractivity (Wildman–Crippen MR) is 53.8 cm³/mol. The Balaban J connectivity index is 3.02. The summed E-state index contributed by atoms with van der Waals surface area (Å²) >= 11 is 0. The van der Waals surface area contributed by atoms with Crippen molar-refractivity contribution in [1.82, 2.24) is 0 Å². The number of nitriles is 2. The second-order valence-electron chi connectivity index (χ2n) is 3.25. The lowest BCUT2D eigenvalue weighted by Gasteiger charge is -2.29. The molecule has 0 aliphatic carbocycles. The van der Waals surface area contributed by atoms with Gasteiger partial charge in [0, 0.05) is 0 Å². The van der Waals surface area contributed by atoms with Crippen LogP contribution in [0.4, 0.5) is 0 Å². The van der Waals surface area contributed by atoms with Crippen molar-refractivity contribution in [2.45, 2.75) is 18.3 Å². The first-order valence-corrected chi connectivity index (χ1v) is 4.56. The molecule has 1 rings (SSSR count). The molecule has 1 heterocycles. The molecule has 90 valence electrons. The number of aliphatic imine (C=N–C) groups is 1. The normalized spacial score (nSPS) is 32.1. The highest BCUT2D eigenvalue weighted by Gasteiger charge is 2.35. The zero-order valence-electron chi connectivity index (χ0n) is 8.61. The van der Waals surface area contributed by atoms with E-state index in [0.717, 1.165) is 0 Å². The van der Waals surface area contributed by atoms with Gasteiger partial charge in [-0.3, -0.25) is 0 Å². The number of aliphatic hydroxyl groups is 3. The first-order valence-electron chi connectivity index (χ1n) is 4.56. The fraction of sp³-hybridized carbons (Fsp3) is 0.444. The molecular weight excluding hydrogens is 228 g/mol. The average molecular weight is 238 g/mol. The molecule has 0 bridgehead atoms. The van der Waals surface area contributed by atoms with Crippen LogP contribution in [0.25, 0.3) is 0 Å². The van der Waals surface area contributed by atoms with E-state index < -0.39 is 29.7 Å². The Morgan fingerprint density at radius 2 is 2.00 bits per heavy atom. The van der Waals surface area contributed by atoms with Gasteiger partial charge in [-0.1, -0.05) is 0 Å². The zero-order valence-corrected chi connectivity index (χ0v) is 8.61. The highest BCUT2D eigenvalue weighted by molar-refractivity contribution is 5.83. The summed E-state index contributed by atoms with van der Waals surface area (Å²) < 4.78 is 4.84. The lowest BCUT2D eigenvalue weighted by Crippen LogP contribution is -2.50. The lowest BCUT2D eigenvalue weighted by molar-refractivity contribution is -0.0836. The fourth-order valence-corrected chi connectivity index (χ4v) is 1.12. The highest BCUT2D eigenvalue weighted by Crippen LogP contribution is 2.13. The van der Waals surface area contributed by atoms with Crippen LogP contribution in [0.15, 0.2) is 16.4 Å². The molecule has 1 aliphatic rings. The van der Waals surface area contributed by atoms with Crippen LogP contribution in [0.2, 0.25) is 0 Å². The van der Waals surface area contributed by atoms with Crippen LogP contribution in [0.5, 0.6) is 0 Å². The van der Waals surface area contributed by atoms with E-state index in [2.05, 4.69) is 4.99 Å². The van der Waals surface area contributed by atoms with Crippen molar-refractivity contribution in [2.24, 2.45) is 10.7 Å². The first kappa shape index (κ1) is 12.9. The Kier molecular flexibility index (Phi) is 4.01. The molecule has 1 fully saturated rings. The van der Waals surface area contributed by atoms with Crippen molar-refractivity contribution in [1.29, 1.82) is 10.5 Å². The SMILES string of the molecule is N#C/C(N)=C(\C#N)N=C1OC[C@H](O)[C@H](O)[C@@H]1O. The highest BCUT2D eigenvalue weighted by atomic mass is 16.5. The van der Waals surface area contributed by atoms with E-state index in [4.69, 9.17) is 26.1 Å². The van der Waals surface area contributed by atoms with Gasteiger partial charge in [-0.15, -0.1) is 0 Å². The minimum absolute atomic E-state index is 0.276. The summed E-state index contributed by atoms with van der Waals surface area (Å²) in [7, 11) is 0. The lowest BCUT2D eigenvalue weighted by atomic mass is 10.1. The number of aliphatic hydroxyl groups excluding tert-OH is 3. The van der Waals surface area contributed by atoms with Crippen molar-refractivity contribution >= 4 is 5.90 Å². The van der Waals surface area contributed by atoms with E-state index >= 15 is 0 Å². The third-order valence-electron chi connectivity index (χ3n) is 2.08. The average Bonchev–Trinajstić information content (AvgIpc) is 2.34. The van der Waals surface area contributed by atoms with Gasteiger partial charge in [-0.05, 0) is 0 Å². The van der Waals surface area contributed by atoms with Crippen LogP contribution >= 0.6 is 0 Å². The van der Waals surface area contributed by atoms with Gasteiger partial charge in [0.1, 0.15) is 36.7 Å². The molecule has 0 aromatic carbocycles. The maximum Gasteiger partial charge on any atom is 0.222 e. The molecule has 3 atom stereocenters. The molecule has 1 saturated heterocycles. The summed E-state index contributed by atoms with van der Waals surface area (Å²) in [6.45, 7) is -0.276. The van der Waals surface area contributed by atoms with E-state index in [-0.39, 0.29) is 12.5 Å². The zero-order chi connectivity index (χ0) is 13.0. The number of hydrogen-bond donors (Lipinski definition) is 4. The van der Waals surface area contributed by atoms with Crippen LogP contribution in [-0.4, -0.2) is 46.1 Å². The number of allylic oxidation sites excluding steroid dienone is 2. The molecule has 0 aromatic heterocycles. The Morgan fingerprint density at radius 3 is 2.53 bits per heavy atom. The molecule has 0 amide bonds. The molecule has 0 unspecified atom stereocenters. The first-order chi connectivity index (χ1) is 8.01. The largest absolute Gasteiger partial charge is 0.476 e. The Labute approximate surface area is 96.5 Å². The summed E-state index contributed by atoms with van der Waals surface area (Å²) in [5.74, 6) is -0.363. The van der Waals surface area contributed by atoms with Crippen LogP contribution in [0, 0.1) is 22.7 Å². The summed E-state index contributed by atoms with van der Waals surface area (Å²) in [4.78, 5) is 3.54. The predicted octanol–water partition coefficient (Wildman–Crippen LogP) is -2.28. The van der Waals surface area contributed by atoms with Gasteiger partial charge in [-0.25, -0.2) is 4.99 Å². The van der Waals surface area contributed by atoms with E-state index in [1.54, 1.807) is 6.07 Å². The van der Waals surface area contributed by atoms with Crippen molar-refractivity contribution in [3.63, 3.8) is 0 Å². The smallest absolute Gasteiger partial charge is 0.222 e. The van der Waals surface area contributed by atoms with Crippen molar-refractivity contribution in [3.05, 3.63) is 11.4 Å². The molecular formula is C9H10N4O4. The van der Waals surface area contributed by atoms with Gasteiger partial charge in [0.2, 0.25) is 5.90 Å². The van der Waals surface area contributed by atoms with Gasteiger partial charge in [0.15, 0.2) is 11.8 Å². The Bertz CT molecular complexity index is 445. The maximum absolute atomic E-state index is 9.49. The minimum Gasteiger partial charge on any atom is -0.476 e. The van der Waals surface area contributed by atoms with Crippen LogP contribution < -0.4 is 5.73 Å². The number of rotatable bonds is 1. The number of nitrogens with two attached hydrogens (primary N) is 1. The molecule has 1 aliphatic heterocycles. The molecule has 0 spiro atoms. The van der Waals surface area contributed by atoms with Gasteiger partial charge >= 0.3 is 0 Å². The minimum atomic E-state index is -1.58. The molecule has 8 nitrogen and oxygen atoms in total. The Hall–Kier alpha value is -2.13. The quantitative estimate of drug-likeness (QED) is 0.374. The molecule has 5 N–H and O–H groups in total. The molecule has 0 aromatic rings. The van der Waals surface area contributed by atoms with Crippen molar-refractivity contribution in [2.75, 3.05) is 6.61 Å². The van der Waals surface area contributed by atoms with Crippen LogP contribution in [-0.2, 0) is 4.74 Å². The van der Waals surface area contributed by atoms with Gasteiger partial charge in [0.25, 0.3) is 0 Å². The fourth-order valence-electron chi connectivity index (χ4n) is 1.12.